The Balaban J connectivity index is 0.000000371. The van der Waals surface area contributed by atoms with Crippen molar-refractivity contribution < 1.29 is 0 Å². The number of hydrogen-bond donors (Lipinski definition) is 0. The molecule has 0 amide bonds. The van der Waals surface area contributed by atoms with Gasteiger partial charge in [0.25, 0.3) is 0 Å². The normalized spacial score (nSPS) is 7.90. The van der Waals surface area contributed by atoms with Crippen LogP contribution >= 0.6 is 11.8 Å². The first-order chi connectivity index (χ1) is 4.93. The smallest absolute Gasteiger partial charge is 0.118 e. The SMILES string of the molecule is CC.CSc1cccnn1. The molecule has 1 rings (SSSR count). The summed E-state index contributed by atoms with van der Waals surface area (Å²) in [4.78, 5) is 0. The van der Waals surface area contributed by atoms with E-state index in [1.807, 2.05) is 32.2 Å². The molecule has 0 unspecified atom stereocenters. The number of rotatable bonds is 1. The van der Waals surface area contributed by atoms with Crippen LogP contribution < -0.4 is 0 Å². The average molecular weight is 156 g/mol. The van der Waals surface area contributed by atoms with Crippen LogP contribution in [-0.4, -0.2) is 16.5 Å². The monoisotopic (exact) mass is 156 g/mol. The fourth-order valence-corrected chi connectivity index (χ4v) is 0.740. The third-order valence-electron chi connectivity index (χ3n) is 0.757. The molecule has 56 valence electrons. The molecule has 0 atom stereocenters. The number of nitrogens with zero attached hydrogens (tertiary/aromatic N) is 2. The summed E-state index contributed by atoms with van der Waals surface area (Å²) in [6.07, 6.45) is 3.64. The first-order valence-corrected chi connectivity index (χ1v) is 4.47. The van der Waals surface area contributed by atoms with E-state index in [9.17, 15) is 0 Å². The Hall–Kier alpha value is -0.570. The van der Waals surface area contributed by atoms with Crippen LogP contribution in [0.5, 0.6) is 0 Å². The van der Waals surface area contributed by atoms with E-state index in [1.54, 1.807) is 18.0 Å². The van der Waals surface area contributed by atoms with Gasteiger partial charge >= 0.3 is 0 Å². The highest BCUT2D eigenvalue weighted by Crippen LogP contribution is 2.06. The second-order valence-corrected chi connectivity index (χ2v) is 2.09. The molecule has 0 aliphatic carbocycles. The zero-order valence-corrected chi connectivity index (χ0v) is 7.35. The Kier molecular flexibility index (Phi) is 6.18. The second kappa shape index (κ2) is 6.55. The summed E-state index contributed by atoms with van der Waals surface area (Å²) in [7, 11) is 0. The van der Waals surface area contributed by atoms with Gasteiger partial charge in [0, 0.05) is 6.20 Å². The van der Waals surface area contributed by atoms with Gasteiger partial charge in [-0.25, -0.2) is 0 Å². The summed E-state index contributed by atoms with van der Waals surface area (Å²) in [6.45, 7) is 4.00. The topological polar surface area (TPSA) is 25.8 Å². The van der Waals surface area contributed by atoms with Crippen molar-refractivity contribution in [1.29, 1.82) is 0 Å². The predicted octanol–water partition coefficient (Wildman–Crippen LogP) is 2.22. The average Bonchev–Trinajstić information content (AvgIpc) is 2.10. The van der Waals surface area contributed by atoms with E-state index < -0.39 is 0 Å². The Morgan fingerprint density at radius 2 is 2.10 bits per heavy atom. The molecule has 3 heteroatoms. The van der Waals surface area contributed by atoms with Crippen molar-refractivity contribution in [2.75, 3.05) is 6.26 Å². The summed E-state index contributed by atoms with van der Waals surface area (Å²) in [5, 5.41) is 8.46. The van der Waals surface area contributed by atoms with Gasteiger partial charge in [0.15, 0.2) is 0 Å². The molecule has 0 aromatic carbocycles. The van der Waals surface area contributed by atoms with Crippen molar-refractivity contribution in [2.24, 2.45) is 0 Å². The Morgan fingerprint density at radius 3 is 2.40 bits per heavy atom. The molecule has 0 radical (unpaired) electrons. The largest absolute Gasteiger partial charge is 0.158 e. The molecule has 1 aromatic heterocycles. The minimum Gasteiger partial charge on any atom is -0.158 e. The lowest BCUT2D eigenvalue weighted by molar-refractivity contribution is 0.931. The third kappa shape index (κ3) is 3.45. The number of aromatic nitrogens is 2. The lowest BCUT2D eigenvalue weighted by atomic mass is 10.6. The van der Waals surface area contributed by atoms with Crippen LogP contribution in [0.15, 0.2) is 23.4 Å². The van der Waals surface area contributed by atoms with Crippen molar-refractivity contribution in [3.8, 4) is 0 Å². The van der Waals surface area contributed by atoms with Gasteiger partial charge in [-0.2, -0.15) is 5.10 Å². The van der Waals surface area contributed by atoms with E-state index in [4.69, 9.17) is 0 Å². The van der Waals surface area contributed by atoms with Gasteiger partial charge in [0.05, 0.1) is 0 Å². The first kappa shape index (κ1) is 9.43. The van der Waals surface area contributed by atoms with Gasteiger partial charge in [0.1, 0.15) is 5.03 Å². The fourth-order valence-electron chi connectivity index (χ4n) is 0.396. The Morgan fingerprint density at radius 1 is 1.40 bits per heavy atom. The van der Waals surface area contributed by atoms with Gasteiger partial charge in [0.2, 0.25) is 0 Å². The summed E-state index contributed by atoms with van der Waals surface area (Å²) in [6, 6.07) is 3.80. The molecule has 0 saturated heterocycles. The van der Waals surface area contributed by atoms with Crippen LogP contribution in [0.1, 0.15) is 13.8 Å². The Bertz CT molecular complexity index is 153. The molecular formula is C7H12N2S. The van der Waals surface area contributed by atoms with Crippen LogP contribution in [-0.2, 0) is 0 Å². The molecule has 0 fully saturated rings. The highest BCUT2D eigenvalue weighted by Gasteiger charge is 1.83. The maximum absolute atomic E-state index is 3.81. The molecule has 1 heterocycles. The number of thioether (sulfide) groups is 1. The third-order valence-corrected chi connectivity index (χ3v) is 1.39. The van der Waals surface area contributed by atoms with E-state index >= 15 is 0 Å². The van der Waals surface area contributed by atoms with Crippen molar-refractivity contribution in [3.63, 3.8) is 0 Å². The standard InChI is InChI=1S/C5H6N2S.C2H6/c1-8-5-3-2-4-6-7-5;1-2/h2-4H,1H3;1-2H3. The second-order valence-electron chi connectivity index (χ2n) is 1.27. The zero-order valence-electron chi connectivity index (χ0n) is 6.53. The van der Waals surface area contributed by atoms with Crippen LogP contribution in [0.2, 0.25) is 0 Å². The van der Waals surface area contributed by atoms with Crippen molar-refractivity contribution in [1.82, 2.24) is 10.2 Å². The summed E-state index contributed by atoms with van der Waals surface area (Å²) < 4.78 is 0. The van der Waals surface area contributed by atoms with Gasteiger partial charge in [-0.05, 0) is 18.4 Å². The predicted molar refractivity (Wildman–Crippen MR) is 45.2 cm³/mol. The molecule has 0 saturated carbocycles. The van der Waals surface area contributed by atoms with Crippen LogP contribution in [0.3, 0.4) is 0 Å². The molecule has 0 spiro atoms. The minimum atomic E-state index is 0.965. The van der Waals surface area contributed by atoms with Crippen molar-refractivity contribution >= 4 is 11.8 Å². The van der Waals surface area contributed by atoms with E-state index in [-0.39, 0.29) is 0 Å². The van der Waals surface area contributed by atoms with Gasteiger partial charge in [-0.1, -0.05) is 13.8 Å². The van der Waals surface area contributed by atoms with Crippen LogP contribution in [0.4, 0.5) is 0 Å². The lowest BCUT2D eigenvalue weighted by Gasteiger charge is -1.86. The first-order valence-electron chi connectivity index (χ1n) is 3.25. The molecule has 2 nitrogen and oxygen atoms in total. The molecule has 1 aromatic rings. The minimum absolute atomic E-state index is 0.965. The Labute approximate surface area is 66.1 Å². The maximum atomic E-state index is 3.81. The van der Waals surface area contributed by atoms with Crippen LogP contribution in [0.25, 0.3) is 0 Å². The molecule has 0 aliphatic heterocycles. The van der Waals surface area contributed by atoms with E-state index in [0.29, 0.717) is 0 Å². The van der Waals surface area contributed by atoms with Gasteiger partial charge in [-0.15, -0.1) is 16.9 Å². The highest BCUT2D eigenvalue weighted by molar-refractivity contribution is 7.98. The summed E-state index contributed by atoms with van der Waals surface area (Å²) in [5.41, 5.74) is 0. The quantitative estimate of drug-likeness (QED) is 0.583. The fraction of sp³-hybridized carbons (Fsp3) is 0.429. The summed E-state index contributed by atoms with van der Waals surface area (Å²) in [5.74, 6) is 0. The zero-order chi connectivity index (χ0) is 7.82. The van der Waals surface area contributed by atoms with Gasteiger partial charge < -0.3 is 0 Å². The van der Waals surface area contributed by atoms with E-state index in [1.165, 1.54) is 0 Å². The molecule has 0 bridgehead atoms. The lowest BCUT2D eigenvalue weighted by Crippen LogP contribution is -1.79. The van der Waals surface area contributed by atoms with E-state index in [2.05, 4.69) is 10.2 Å². The van der Waals surface area contributed by atoms with Gasteiger partial charge in [-0.3, -0.25) is 0 Å². The van der Waals surface area contributed by atoms with Crippen molar-refractivity contribution in [2.45, 2.75) is 18.9 Å². The molecule has 10 heavy (non-hydrogen) atoms. The molecule has 0 aliphatic rings. The molecular weight excluding hydrogens is 144 g/mol. The summed E-state index contributed by atoms with van der Waals surface area (Å²) >= 11 is 1.60. The molecule has 0 N–H and O–H groups in total. The number of hydrogen-bond acceptors (Lipinski definition) is 3. The highest BCUT2D eigenvalue weighted by atomic mass is 32.2. The van der Waals surface area contributed by atoms with Crippen LogP contribution in [0, 0.1) is 0 Å². The van der Waals surface area contributed by atoms with E-state index in [0.717, 1.165) is 5.03 Å². The van der Waals surface area contributed by atoms with Crippen molar-refractivity contribution in [3.05, 3.63) is 18.3 Å². The maximum Gasteiger partial charge on any atom is 0.118 e.